The first kappa shape index (κ1) is 25.3. The second-order valence-corrected chi connectivity index (χ2v) is 8.14. The van der Waals surface area contributed by atoms with Crippen molar-refractivity contribution in [3.63, 3.8) is 0 Å². The predicted octanol–water partition coefficient (Wildman–Crippen LogP) is -2.23. The number of nitrogens with one attached hydrogen (secondary N) is 2. The van der Waals surface area contributed by atoms with E-state index in [0.717, 1.165) is 0 Å². The predicted molar refractivity (Wildman–Crippen MR) is 102 cm³/mol. The van der Waals surface area contributed by atoms with E-state index in [1.165, 1.54) is 0 Å². The molecule has 176 valence electrons. The van der Waals surface area contributed by atoms with Crippen molar-refractivity contribution >= 4 is 23.4 Å². The lowest BCUT2D eigenvalue weighted by Crippen LogP contribution is -2.46. The van der Waals surface area contributed by atoms with E-state index in [1.54, 1.807) is 27.7 Å². The van der Waals surface area contributed by atoms with Gasteiger partial charge in [-0.15, -0.1) is 0 Å². The largest absolute Gasteiger partial charge is 0.388 e. The van der Waals surface area contributed by atoms with E-state index in [9.17, 15) is 19.2 Å². The SMILES string of the molecule is CC1(C)OC(C(=O)CO)C(C(=O)NCCCNC(=O)C2OC(C)(C)OC2C(=O)CO)O1. The minimum absolute atomic E-state index is 0.159. The molecule has 4 unspecified atom stereocenters. The number of ether oxygens (including phenoxy) is 4. The van der Waals surface area contributed by atoms with Gasteiger partial charge in [0.2, 0.25) is 0 Å². The van der Waals surface area contributed by atoms with Gasteiger partial charge >= 0.3 is 0 Å². The molecule has 12 nitrogen and oxygen atoms in total. The maximum atomic E-state index is 12.4. The molecule has 4 N–H and O–H groups in total. The number of ketones is 2. The zero-order valence-corrected chi connectivity index (χ0v) is 18.0. The summed E-state index contributed by atoms with van der Waals surface area (Å²) in [7, 11) is 0. The molecule has 0 radical (unpaired) electrons. The van der Waals surface area contributed by atoms with Gasteiger partial charge in [-0.25, -0.2) is 0 Å². The Labute approximate surface area is 179 Å². The number of rotatable bonds is 10. The van der Waals surface area contributed by atoms with E-state index in [-0.39, 0.29) is 13.1 Å². The summed E-state index contributed by atoms with van der Waals surface area (Å²) >= 11 is 0. The minimum Gasteiger partial charge on any atom is -0.388 e. The van der Waals surface area contributed by atoms with Crippen LogP contribution in [0.1, 0.15) is 34.1 Å². The van der Waals surface area contributed by atoms with Crippen LogP contribution in [0.3, 0.4) is 0 Å². The Morgan fingerprint density at radius 2 is 1.00 bits per heavy atom. The number of Topliss-reactive ketones (excluding diaryl/α,β-unsaturated/α-hetero) is 2. The minimum atomic E-state index is -1.21. The zero-order valence-electron chi connectivity index (χ0n) is 18.0. The van der Waals surface area contributed by atoms with Crippen LogP contribution in [-0.4, -0.2) is 95.9 Å². The normalized spacial score (nSPS) is 28.8. The summed E-state index contributed by atoms with van der Waals surface area (Å²) in [5, 5.41) is 23.3. The fourth-order valence-corrected chi connectivity index (χ4v) is 3.27. The number of hydrogen-bond donors (Lipinski definition) is 4. The summed E-state index contributed by atoms with van der Waals surface area (Å²) in [5.41, 5.74) is 0. The molecule has 2 saturated heterocycles. The molecule has 0 spiro atoms. The van der Waals surface area contributed by atoms with Crippen molar-refractivity contribution < 1.29 is 48.3 Å². The molecule has 2 amide bonds. The van der Waals surface area contributed by atoms with Gasteiger partial charge in [0.15, 0.2) is 47.6 Å². The monoisotopic (exact) mass is 446 g/mol. The van der Waals surface area contributed by atoms with Gasteiger partial charge in [0, 0.05) is 13.1 Å². The molecule has 12 heteroatoms. The van der Waals surface area contributed by atoms with Gasteiger partial charge in [-0.3, -0.25) is 19.2 Å². The molecule has 0 saturated carbocycles. The molecule has 4 atom stereocenters. The fraction of sp³-hybridized carbons (Fsp3) is 0.789. The summed E-state index contributed by atoms with van der Waals surface area (Å²) in [6.07, 6.45) is -4.46. The van der Waals surface area contributed by atoms with Crippen LogP contribution in [-0.2, 0) is 38.1 Å². The molecule has 0 bridgehead atoms. The van der Waals surface area contributed by atoms with Crippen molar-refractivity contribution in [3.05, 3.63) is 0 Å². The van der Waals surface area contributed by atoms with E-state index < -0.39 is 72.6 Å². The van der Waals surface area contributed by atoms with Crippen LogP contribution in [0.15, 0.2) is 0 Å². The zero-order chi connectivity index (χ0) is 23.4. The first-order valence-electron chi connectivity index (χ1n) is 9.94. The molecule has 31 heavy (non-hydrogen) atoms. The molecule has 2 fully saturated rings. The average molecular weight is 446 g/mol. The van der Waals surface area contributed by atoms with Crippen molar-refractivity contribution in [1.82, 2.24) is 10.6 Å². The number of aliphatic hydroxyl groups is 2. The highest BCUT2D eigenvalue weighted by Gasteiger charge is 2.49. The van der Waals surface area contributed by atoms with Crippen molar-refractivity contribution in [1.29, 1.82) is 0 Å². The Morgan fingerprint density at radius 1 is 0.677 bits per heavy atom. The second-order valence-electron chi connectivity index (χ2n) is 8.14. The molecule has 2 rings (SSSR count). The van der Waals surface area contributed by atoms with Crippen molar-refractivity contribution in [2.45, 2.75) is 70.1 Å². The molecule has 2 aliphatic heterocycles. The molecule has 2 aliphatic rings. The Bertz CT molecular complexity index is 650. The third kappa shape index (κ3) is 6.51. The van der Waals surface area contributed by atoms with E-state index in [4.69, 9.17) is 29.2 Å². The maximum absolute atomic E-state index is 12.4. The molecule has 2 heterocycles. The van der Waals surface area contributed by atoms with Crippen LogP contribution in [0, 0.1) is 0 Å². The van der Waals surface area contributed by atoms with Gasteiger partial charge in [0.05, 0.1) is 0 Å². The van der Waals surface area contributed by atoms with Crippen LogP contribution >= 0.6 is 0 Å². The van der Waals surface area contributed by atoms with Crippen LogP contribution in [0.25, 0.3) is 0 Å². The van der Waals surface area contributed by atoms with Crippen LogP contribution in [0.4, 0.5) is 0 Å². The van der Waals surface area contributed by atoms with Crippen molar-refractivity contribution in [2.75, 3.05) is 26.3 Å². The van der Waals surface area contributed by atoms with Gasteiger partial charge in [0.1, 0.15) is 13.2 Å². The number of carbonyl (C=O) groups excluding carboxylic acids is 4. The molecule has 0 aromatic rings. The van der Waals surface area contributed by atoms with Crippen LogP contribution < -0.4 is 10.6 Å². The third-order valence-corrected chi connectivity index (χ3v) is 4.61. The highest BCUT2D eigenvalue weighted by molar-refractivity contribution is 5.94. The van der Waals surface area contributed by atoms with Gasteiger partial charge < -0.3 is 39.8 Å². The summed E-state index contributed by atoms with van der Waals surface area (Å²) in [5.74, 6) is -4.77. The Hall–Kier alpha value is -1.96. The standard InChI is InChI=1S/C19H30N2O10/c1-18(2)28-12(10(24)8-22)14(30-18)16(26)20-6-5-7-21-17(27)15-13(11(25)9-23)29-19(3,4)31-15/h12-15,22-23H,5-9H2,1-4H3,(H,20,26)(H,21,27). The summed E-state index contributed by atoms with van der Waals surface area (Å²) in [4.78, 5) is 48.3. The van der Waals surface area contributed by atoms with Gasteiger partial charge in [-0.05, 0) is 34.1 Å². The first-order chi connectivity index (χ1) is 14.4. The fourth-order valence-electron chi connectivity index (χ4n) is 3.27. The molecule has 0 aromatic heterocycles. The van der Waals surface area contributed by atoms with Crippen LogP contribution in [0.5, 0.6) is 0 Å². The number of hydrogen-bond acceptors (Lipinski definition) is 10. The lowest BCUT2D eigenvalue weighted by molar-refractivity contribution is -0.159. The molecule has 0 aliphatic carbocycles. The van der Waals surface area contributed by atoms with E-state index in [0.29, 0.717) is 6.42 Å². The van der Waals surface area contributed by atoms with E-state index in [2.05, 4.69) is 10.6 Å². The van der Waals surface area contributed by atoms with Crippen LogP contribution in [0.2, 0.25) is 0 Å². The average Bonchev–Trinajstić information content (AvgIpc) is 3.21. The number of aliphatic hydroxyl groups excluding tert-OH is 2. The lowest BCUT2D eigenvalue weighted by Gasteiger charge is -2.17. The Kier molecular flexibility index (Phi) is 8.25. The summed E-state index contributed by atoms with van der Waals surface area (Å²) < 4.78 is 21.7. The molecular formula is C19H30N2O10. The third-order valence-electron chi connectivity index (χ3n) is 4.61. The lowest BCUT2D eigenvalue weighted by atomic mass is 10.1. The summed E-state index contributed by atoms with van der Waals surface area (Å²) in [6.45, 7) is 4.98. The van der Waals surface area contributed by atoms with Gasteiger partial charge in [0.25, 0.3) is 11.8 Å². The van der Waals surface area contributed by atoms with Crippen molar-refractivity contribution in [2.24, 2.45) is 0 Å². The van der Waals surface area contributed by atoms with E-state index in [1.807, 2.05) is 0 Å². The Morgan fingerprint density at radius 3 is 1.32 bits per heavy atom. The van der Waals surface area contributed by atoms with Gasteiger partial charge in [-0.1, -0.05) is 0 Å². The Balaban J connectivity index is 1.78. The topological polar surface area (TPSA) is 170 Å². The highest BCUT2D eigenvalue weighted by Crippen LogP contribution is 2.29. The maximum Gasteiger partial charge on any atom is 0.252 e. The number of carbonyl (C=O) groups is 4. The summed E-state index contributed by atoms with van der Waals surface area (Å²) in [6, 6.07) is 0. The van der Waals surface area contributed by atoms with Crippen molar-refractivity contribution in [3.8, 4) is 0 Å². The highest BCUT2D eigenvalue weighted by atomic mass is 16.8. The number of amides is 2. The molecular weight excluding hydrogens is 416 g/mol. The first-order valence-corrected chi connectivity index (χ1v) is 9.94. The quantitative estimate of drug-likeness (QED) is 0.269. The smallest absolute Gasteiger partial charge is 0.252 e. The van der Waals surface area contributed by atoms with E-state index >= 15 is 0 Å². The molecule has 0 aromatic carbocycles. The van der Waals surface area contributed by atoms with Gasteiger partial charge in [-0.2, -0.15) is 0 Å². The second kappa shape index (κ2) is 10.1.